The van der Waals surface area contributed by atoms with Crippen molar-refractivity contribution in [1.82, 2.24) is 9.97 Å². The lowest BCUT2D eigenvalue weighted by Gasteiger charge is -2.23. The summed E-state index contributed by atoms with van der Waals surface area (Å²) in [7, 11) is 0. The molecule has 0 atom stereocenters. The van der Waals surface area contributed by atoms with Crippen LogP contribution in [0.15, 0.2) is 152 Å². The summed E-state index contributed by atoms with van der Waals surface area (Å²) in [6.45, 7) is 4.72. The third kappa shape index (κ3) is 4.66. The second-order valence-electron chi connectivity index (χ2n) is 13.2. The number of hydrogen-bond donors (Lipinski definition) is 0. The Kier molecular flexibility index (Phi) is 6.48. The van der Waals surface area contributed by atoms with E-state index in [1.54, 1.807) is 0 Å². The van der Waals surface area contributed by atoms with Crippen LogP contribution in [0.5, 0.6) is 0 Å². The van der Waals surface area contributed by atoms with Crippen molar-refractivity contribution < 1.29 is 0 Å². The highest BCUT2D eigenvalue weighted by Crippen LogP contribution is 2.49. The number of nitrogens with zero attached hydrogens (tertiary/aromatic N) is 3. The Labute approximate surface area is 280 Å². The van der Waals surface area contributed by atoms with E-state index in [2.05, 4.69) is 144 Å². The molecule has 0 aliphatic heterocycles. The standard InChI is InChI=1S/C45H33N3/c1-45(2)39-9-7-8-33-20-21-36-27-37(29-40(45)44(36)43(33)39)32-17-14-30(15-18-32)12-13-31-16-19-35-28-38(23-22-34(35)26-31)48(41-10-3-5-24-46-41)42-11-4-6-25-47-42/h3-29H,1-2H3. The predicted octanol–water partition coefficient (Wildman–Crippen LogP) is 11.9. The minimum absolute atomic E-state index is 0.0147. The molecule has 0 unspecified atom stereocenters. The van der Waals surface area contributed by atoms with Gasteiger partial charge in [0.25, 0.3) is 0 Å². The summed E-state index contributed by atoms with van der Waals surface area (Å²) in [5.74, 6) is 1.66. The fraction of sp³-hybridized carbons (Fsp3) is 0.0667. The van der Waals surface area contributed by atoms with Gasteiger partial charge >= 0.3 is 0 Å². The number of fused-ring (bicyclic) bond motifs is 1. The molecule has 6 aromatic carbocycles. The molecular weight excluding hydrogens is 583 g/mol. The highest BCUT2D eigenvalue weighted by molar-refractivity contribution is 6.15. The Morgan fingerprint density at radius 3 is 1.88 bits per heavy atom. The van der Waals surface area contributed by atoms with Gasteiger partial charge in [0.05, 0.1) is 0 Å². The van der Waals surface area contributed by atoms with Gasteiger partial charge in [-0.3, -0.25) is 4.90 Å². The third-order valence-corrected chi connectivity index (χ3v) is 9.88. The summed E-state index contributed by atoms with van der Waals surface area (Å²) in [6.07, 6.45) is 8.01. The Hall–Kier alpha value is -6.06. The minimum atomic E-state index is -0.0147. The molecule has 1 aliphatic rings. The molecule has 2 aromatic heterocycles. The van der Waals surface area contributed by atoms with Crippen LogP contribution in [0.1, 0.15) is 36.1 Å². The highest BCUT2D eigenvalue weighted by atomic mass is 15.2. The molecule has 1 aliphatic carbocycles. The maximum absolute atomic E-state index is 4.61. The van der Waals surface area contributed by atoms with E-state index in [0.717, 1.165) is 28.3 Å². The van der Waals surface area contributed by atoms with Gasteiger partial charge < -0.3 is 0 Å². The Morgan fingerprint density at radius 2 is 1.12 bits per heavy atom. The van der Waals surface area contributed by atoms with Crippen LogP contribution >= 0.6 is 0 Å². The van der Waals surface area contributed by atoms with E-state index in [-0.39, 0.29) is 5.41 Å². The summed E-state index contributed by atoms with van der Waals surface area (Å²) >= 11 is 0. The van der Waals surface area contributed by atoms with Crippen molar-refractivity contribution >= 4 is 61.8 Å². The van der Waals surface area contributed by atoms with Crippen molar-refractivity contribution in [3.8, 4) is 11.1 Å². The van der Waals surface area contributed by atoms with E-state index < -0.39 is 0 Å². The molecule has 0 saturated carbocycles. The van der Waals surface area contributed by atoms with E-state index in [1.807, 2.05) is 48.8 Å². The Balaban J connectivity index is 0.984. The van der Waals surface area contributed by atoms with Crippen molar-refractivity contribution in [2.75, 3.05) is 4.90 Å². The molecule has 8 aromatic rings. The molecule has 0 N–H and O–H groups in total. The molecule has 48 heavy (non-hydrogen) atoms. The molecule has 0 fully saturated rings. The molecule has 0 amide bonds. The van der Waals surface area contributed by atoms with Gasteiger partial charge in [-0.05, 0) is 120 Å². The van der Waals surface area contributed by atoms with Crippen molar-refractivity contribution in [1.29, 1.82) is 0 Å². The third-order valence-electron chi connectivity index (χ3n) is 9.88. The number of hydrogen-bond acceptors (Lipinski definition) is 3. The van der Waals surface area contributed by atoms with Gasteiger partial charge in [-0.25, -0.2) is 9.97 Å². The molecule has 0 radical (unpaired) electrons. The molecule has 0 saturated heterocycles. The zero-order valence-electron chi connectivity index (χ0n) is 26.9. The van der Waals surface area contributed by atoms with Crippen LogP contribution in [0.25, 0.3) is 55.6 Å². The maximum Gasteiger partial charge on any atom is 0.138 e. The van der Waals surface area contributed by atoms with Gasteiger partial charge in [0.1, 0.15) is 11.6 Å². The largest absolute Gasteiger partial charge is 0.279 e. The average molecular weight is 616 g/mol. The fourth-order valence-corrected chi connectivity index (χ4v) is 7.40. The Morgan fingerprint density at radius 1 is 0.479 bits per heavy atom. The molecule has 3 heteroatoms. The van der Waals surface area contributed by atoms with Crippen LogP contribution < -0.4 is 4.90 Å². The van der Waals surface area contributed by atoms with E-state index in [4.69, 9.17) is 0 Å². The van der Waals surface area contributed by atoms with Crippen molar-refractivity contribution in [3.05, 3.63) is 174 Å². The van der Waals surface area contributed by atoms with Gasteiger partial charge in [0.2, 0.25) is 0 Å². The number of anilines is 3. The number of rotatable bonds is 6. The lowest BCUT2D eigenvalue weighted by Crippen LogP contribution is -2.15. The first-order valence-electron chi connectivity index (χ1n) is 16.5. The summed E-state index contributed by atoms with van der Waals surface area (Å²) in [5, 5.41) is 7.84. The quantitative estimate of drug-likeness (QED) is 0.138. The zero-order chi connectivity index (χ0) is 32.2. The summed E-state index contributed by atoms with van der Waals surface area (Å²) in [6, 6.07) is 50.0. The van der Waals surface area contributed by atoms with E-state index in [1.165, 1.54) is 54.7 Å². The summed E-state index contributed by atoms with van der Waals surface area (Å²) < 4.78 is 0. The molecule has 3 nitrogen and oxygen atoms in total. The molecular formula is C45H33N3. The van der Waals surface area contributed by atoms with E-state index in [0.29, 0.717) is 0 Å². The van der Waals surface area contributed by atoms with Crippen LogP contribution in [0, 0.1) is 0 Å². The molecule has 0 spiro atoms. The van der Waals surface area contributed by atoms with Gasteiger partial charge in [0, 0.05) is 23.5 Å². The van der Waals surface area contributed by atoms with Crippen LogP contribution in [0.3, 0.4) is 0 Å². The van der Waals surface area contributed by atoms with Gasteiger partial charge in [-0.1, -0.05) is 111 Å². The summed E-state index contributed by atoms with van der Waals surface area (Å²) in [4.78, 5) is 11.3. The van der Waals surface area contributed by atoms with Crippen molar-refractivity contribution in [2.45, 2.75) is 19.3 Å². The average Bonchev–Trinajstić information content (AvgIpc) is 3.37. The second kappa shape index (κ2) is 11.0. The Bertz CT molecular complexity index is 2470. The fourth-order valence-electron chi connectivity index (χ4n) is 7.40. The molecule has 0 bridgehead atoms. The van der Waals surface area contributed by atoms with Crippen LogP contribution in [-0.4, -0.2) is 9.97 Å². The summed E-state index contributed by atoms with van der Waals surface area (Å²) in [5.41, 5.74) is 8.71. The molecule has 228 valence electrons. The monoisotopic (exact) mass is 615 g/mol. The molecule has 2 heterocycles. The van der Waals surface area contributed by atoms with Crippen molar-refractivity contribution in [3.63, 3.8) is 0 Å². The number of benzene rings is 6. The van der Waals surface area contributed by atoms with Crippen LogP contribution in [0.2, 0.25) is 0 Å². The van der Waals surface area contributed by atoms with Crippen LogP contribution in [0.4, 0.5) is 17.3 Å². The first kappa shape index (κ1) is 28.2. The second-order valence-corrected chi connectivity index (χ2v) is 13.2. The lowest BCUT2D eigenvalue weighted by molar-refractivity contribution is 0.663. The maximum atomic E-state index is 4.61. The predicted molar refractivity (Wildman–Crippen MR) is 202 cm³/mol. The van der Waals surface area contributed by atoms with Crippen LogP contribution in [-0.2, 0) is 5.41 Å². The first-order chi connectivity index (χ1) is 23.5. The highest BCUT2D eigenvalue weighted by Gasteiger charge is 2.34. The number of pyridine rings is 2. The van der Waals surface area contributed by atoms with E-state index >= 15 is 0 Å². The topological polar surface area (TPSA) is 29.0 Å². The minimum Gasteiger partial charge on any atom is -0.279 e. The van der Waals surface area contributed by atoms with E-state index in [9.17, 15) is 0 Å². The molecule has 9 rings (SSSR count). The van der Waals surface area contributed by atoms with Crippen molar-refractivity contribution in [2.24, 2.45) is 0 Å². The zero-order valence-corrected chi connectivity index (χ0v) is 26.9. The first-order valence-corrected chi connectivity index (χ1v) is 16.5. The van der Waals surface area contributed by atoms with Gasteiger partial charge in [0.15, 0.2) is 0 Å². The van der Waals surface area contributed by atoms with Gasteiger partial charge in [-0.2, -0.15) is 0 Å². The normalized spacial score (nSPS) is 13.3. The smallest absolute Gasteiger partial charge is 0.138 e. The number of aromatic nitrogens is 2. The SMILES string of the molecule is CC1(C)c2cccc3ccc4cc(-c5ccc(C=Cc6ccc7cc(N(c8ccccn8)c8ccccn8)ccc7c6)cc5)cc1c4c23. The lowest BCUT2D eigenvalue weighted by atomic mass is 9.81. The van der Waals surface area contributed by atoms with Gasteiger partial charge in [-0.15, -0.1) is 0 Å².